The predicted octanol–water partition coefficient (Wildman–Crippen LogP) is 2.60. The van der Waals surface area contributed by atoms with Crippen molar-refractivity contribution in [3.8, 4) is 11.6 Å². The second kappa shape index (κ2) is 13.1. The maximum Gasteiger partial charge on any atom is 0.307 e. The lowest BCUT2D eigenvalue weighted by atomic mass is 9.97. The fraction of sp³-hybridized carbons (Fsp3) is 0.522. The first-order valence-electron chi connectivity index (χ1n) is 11.7. The standard InChI is InChI=1S/C23H31FN2O10S3/c1-15(14-34-37(3,28)29)6-7-16(2)22-25-20(19(27)13-10-17-8-11-18(24)12-9-17)21(35-38(4,30)31)23(26-22)36-39(5,32)33/h8-9,11-12,15-16H,6-7,10,13-14H2,1-5H3/t15-,16?/m0/s1. The van der Waals surface area contributed by atoms with E-state index in [1.807, 2.05) is 0 Å². The molecule has 12 nitrogen and oxygen atoms in total. The second-order valence-corrected chi connectivity index (χ2v) is 14.1. The molecule has 0 saturated heterocycles. The zero-order valence-electron chi connectivity index (χ0n) is 22.1. The molecule has 16 heteroatoms. The molecule has 1 aromatic heterocycles. The van der Waals surface area contributed by atoms with Crippen LogP contribution in [0.15, 0.2) is 24.3 Å². The summed E-state index contributed by atoms with van der Waals surface area (Å²) in [6.45, 7) is 3.40. The number of halogens is 1. The van der Waals surface area contributed by atoms with Crippen LogP contribution in [0.25, 0.3) is 0 Å². The molecule has 0 N–H and O–H groups in total. The topological polar surface area (TPSA) is 173 Å². The van der Waals surface area contributed by atoms with Gasteiger partial charge in [-0.15, -0.1) is 0 Å². The van der Waals surface area contributed by atoms with Crippen LogP contribution < -0.4 is 8.37 Å². The number of ketones is 1. The smallest absolute Gasteiger partial charge is 0.307 e. The molecule has 218 valence electrons. The normalized spacial score (nSPS) is 14.0. The molecule has 1 aromatic carbocycles. The Hall–Kier alpha value is -2.69. The number of carbonyl (C=O) groups is 1. The largest absolute Gasteiger partial charge is 0.374 e. The highest BCUT2D eigenvalue weighted by atomic mass is 32.2. The lowest BCUT2D eigenvalue weighted by Crippen LogP contribution is -2.19. The first-order chi connectivity index (χ1) is 17.8. The van der Waals surface area contributed by atoms with Gasteiger partial charge < -0.3 is 8.37 Å². The summed E-state index contributed by atoms with van der Waals surface area (Å²) in [5, 5.41) is 0. The van der Waals surface area contributed by atoms with Crippen LogP contribution in [0.3, 0.4) is 0 Å². The number of aryl methyl sites for hydroxylation is 1. The SMILES string of the molecule is CC(CC[C@H](C)COS(C)(=O)=O)c1nc(OS(C)(=O)=O)c(OS(C)(=O)=O)c(C(=O)CCc2ccc(F)cc2)n1. The molecule has 0 saturated carbocycles. The minimum absolute atomic E-state index is 0.0177. The van der Waals surface area contributed by atoms with Crippen LogP contribution in [-0.2, 0) is 41.0 Å². The summed E-state index contributed by atoms with van der Waals surface area (Å²) in [4.78, 5) is 21.5. The highest BCUT2D eigenvalue weighted by Crippen LogP contribution is 2.34. The van der Waals surface area contributed by atoms with E-state index in [4.69, 9.17) is 12.5 Å². The molecule has 2 rings (SSSR count). The van der Waals surface area contributed by atoms with E-state index in [2.05, 4.69) is 9.97 Å². The highest BCUT2D eigenvalue weighted by Gasteiger charge is 2.29. The Bertz CT molecular complexity index is 1490. The van der Waals surface area contributed by atoms with Gasteiger partial charge in [0, 0.05) is 12.3 Å². The average Bonchev–Trinajstić information content (AvgIpc) is 2.79. The van der Waals surface area contributed by atoms with E-state index in [1.165, 1.54) is 24.3 Å². The van der Waals surface area contributed by atoms with Crippen molar-refractivity contribution in [1.29, 1.82) is 0 Å². The summed E-state index contributed by atoms with van der Waals surface area (Å²) >= 11 is 0. The molecule has 1 unspecified atom stereocenters. The third-order valence-corrected chi connectivity index (χ3v) is 6.73. The van der Waals surface area contributed by atoms with Gasteiger partial charge in [0.05, 0.1) is 25.4 Å². The van der Waals surface area contributed by atoms with Crippen molar-refractivity contribution in [3.63, 3.8) is 0 Å². The number of nitrogens with zero attached hydrogens (tertiary/aromatic N) is 2. The van der Waals surface area contributed by atoms with Crippen molar-refractivity contribution in [2.75, 3.05) is 25.4 Å². The molecule has 1 heterocycles. The quantitative estimate of drug-likeness (QED) is 0.213. The third kappa shape index (κ3) is 11.9. The Balaban J connectivity index is 2.44. The number of carbonyl (C=O) groups excluding carboxylic acids is 1. The van der Waals surface area contributed by atoms with E-state index < -0.39 is 65.2 Å². The summed E-state index contributed by atoms with van der Waals surface area (Å²) in [6, 6.07) is 5.42. The molecule has 0 amide bonds. The predicted molar refractivity (Wildman–Crippen MR) is 140 cm³/mol. The van der Waals surface area contributed by atoms with Gasteiger partial charge in [0.25, 0.3) is 16.0 Å². The van der Waals surface area contributed by atoms with Gasteiger partial charge in [-0.25, -0.2) is 9.37 Å². The number of rotatable bonds is 15. The fourth-order valence-electron chi connectivity index (χ4n) is 3.30. The van der Waals surface area contributed by atoms with Gasteiger partial charge in [-0.1, -0.05) is 26.0 Å². The third-order valence-electron chi connectivity index (χ3n) is 5.23. The van der Waals surface area contributed by atoms with E-state index in [9.17, 15) is 34.4 Å². The Morgan fingerprint density at radius 1 is 0.872 bits per heavy atom. The summed E-state index contributed by atoms with van der Waals surface area (Å²) in [5.74, 6) is -3.38. The molecule has 0 aliphatic rings. The van der Waals surface area contributed by atoms with Crippen LogP contribution in [0, 0.1) is 11.7 Å². The number of Topliss-reactive ketones (excluding diaryl/α,β-unsaturated/α-hetero) is 1. The van der Waals surface area contributed by atoms with E-state index in [0.29, 0.717) is 30.9 Å². The summed E-state index contributed by atoms with van der Waals surface area (Å²) in [5.41, 5.74) is 0.127. The Kier molecular flexibility index (Phi) is 10.9. The fourth-order valence-corrected chi connectivity index (χ4v) is 4.63. The van der Waals surface area contributed by atoms with Gasteiger partial charge >= 0.3 is 20.2 Å². The number of aromatic nitrogens is 2. The van der Waals surface area contributed by atoms with Gasteiger partial charge in [-0.2, -0.15) is 30.2 Å². The van der Waals surface area contributed by atoms with Gasteiger partial charge in [-0.3, -0.25) is 8.98 Å². The Labute approximate surface area is 228 Å². The Morgan fingerprint density at radius 3 is 2.00 bits per heavy atom. The van der Waals surface area contributed by atoms with Crippen LogP contribution in [0.5, 0.6) is 11.6 Å². The summed E-state index contributed by atoms with van der Waals surface area (Å²) < 4.78 is 98.0. The van der Waals surface area contributed by atoms with E-state index in [-0.39, 0.29) is 31.2 Å². The van der Waals surface area contributed by atoms with Crippen molar-refractivity contribution in [2.45, 2.75) is 45.4 Å². The van der Waals surface area contributed by atoms with Crippen molar-refractivity contribution >= 4 is 36.1 Å². The molecule has 0 spiro atoms. The molecule has 0 fully saturated rings. The van der Waals surface area contributed by atoms with Gasteiger partial charge in [0.1, 0.15) is 11.6 Å². The molecule has 2 atom stereocenters. The molecule has 0 aliphatic heterocycles. The second-order valence-electron chi connectivity index (χ2n) is 9.26. The van der Waals surface area contributed by atoms with Crippen LogP contribution >= 0.6 is 0 Å². The van der Waals surface area contributed by atoms with E-state index >= 15 is 0 Å². The van der Waals surface area contributed by atoms with Gasteiger partial charge in [0.15, 0.2) is 11.5 Å². The summed E-state index contributed by atoms with van der Waals surface area (Å²) in [7, 11) is -12.1. The zero-order chi connectivity index (χ0) is 29.6. The van der Waals surface area contributed by atoms with Crippen LogP contribution in [0.4, 0.5) is 4.39 Å². The van der Waals surface area contributed by atoms with Crippen molar-refractivity contribution in [1.82, 2.24) is 9.97 Å². The van der Waals surface area contributed by atoms with Crippen LogP contribution in [0.1, 0.15) is 60.9 Å². The molecule has 2 aromatic rings. The molecule has 39 heavy (non-hydrogen) atoms. The molecular weight excluding hydrogens is 579 g/mol. The van der Waals surface area contributed by atoms with Crippen molar-refractivity contribution in [2.24, 2.45) is 5.92 Å². The first kappa shape index (κ1) is 32.5. The maximum atomic E-state index is 13.2. The Morgan fingerprint density at radius 2 is 1.46 bits per heavy atom. The van der Waals surface area contributed by atoms with Crippen LogP contribution in [-0.4, -0.2) is 66.4 Å². The summed E-state index contributed by atoms with van der Waals surface area (Å²) in [6.07, 6.45) is 3.12. The minimum Gasteiger partial charge on any atom is -0.374 e. The lowest BCUT2D eigenvalue weighted by Gasteiger charge is -2.18. The average molecular weight is 611 g/mol. The number of hydrogen-bond donors (Lipinski definition) is 0. The van der Waals surface area contributed by atoms with Crippen molar-refractivity contribution < 1.29 is 47.0 Å². The number of hydrogen-bond acceptors (Lipinski definition) is 12. The molecule has 0 bridgehead atoms. The minimum atomic E-state index is -4.27. The highest BCUT2D eigenvalue weighted by molar-refractivity contribution is 7.86. The van der Waals surface area contributed by atoms with Crippen LogP contribution in [0.2, 0.25) is 0 Å². The molecule has 0 radical (unpaired) electrons. The van der Waals surface area contributed by atoms with Crippen molar-refractivity contribution in [3.05, 3.63) is 47.2 Å². The zero-order valence-corrected chi connectivity index (χ0v) is 24.5. The monoisotopic (exact) mass is 610 g/mol. The van der Waals surface area contributed by atoms with E-state index in [0.717, 1.165) is 6.26 Å². The lowest BCUT2D eigenvalue weighted by molar-refractivity contribution is 0.0975. The molecular formula is C23H31FN2O10S3. The van der Waals surface area contributed by atoms with Gasteiger partial charge in [0.2, 0.25) is 5.75 Å². The first-order valence-corrected chi connectivity index (χ1v) is 17.1. The maximum absolute atomic E-state index is 13.2. The van der Waals surface area contributed by atoms with E-state index in [1.54, 1.807) is 13.8 Å². The number of benzene rings is 1. The van der Waals surface area contributed by atoms with Gasteiger partial charge in [-0.05, 0) is 42.9 Å². The molecule has 0 aliphatic carbocycles.